The van der Waals surface area contributed by atoms with Gasteiger partial charge in [-0.3, -0.25) is 14.2 Å². The second kappa shape index (κ2) is 8.57. The summed E-state index contributed by atoms with van der Waals surface area (Å²) in [4.78, 5) is 31.6. The molecule has 0 saturated carbocycles. The molecule has 8 heteroatoms. The molecule has 7 nitrogen and oxygen atoms in total. The number of fused-ring (bicyclic) bond motifs is 3. The third-order valence-electron chi connectivity index (χ3n) is 4.87. The zero-order valence-corrected chi connectivity index (χ0v) is 17.0. The Balaban J connectivity index is 1.48. The molecule has 1 aliphatic rings. The first kappa shape index (κ1) is 19.3. The highest BCUT2D eigenvalue weighted by Gasteiger charge is 2.20. The largest absolute Gasteiger partial charge is 0.493 e. The van der Waals surface area contributed by atoms with Crippen molar-refractivity contribution >= 4 is 33.7 Å². The van der Waals surface area contributed by atoms with Crippen LogP contribution in [0.25, 0.3) is 10.2 Å². The Hall–Kier alpha value is -3.00. The maximum Gasteiger partial charge on any atom is 0.262 e. The van der Waals surface area contributed by atoms with Gasteiger partial charge in [0.15, 0.2) is 0 Å². The molecule has 29 heavy (non-hydrogen) atoms. The van der Waals surface area contributed by atoms with E-state index in [1.165, 1.54) is 22.0 Å². The summed E-state index contributed by atoms with van der Waals surface area (Å²) in [5.41, 5.74) is 4.20. The smallest absolute Gasteiger partial charge is 0.262 e. The van der Waals surface area contributed by atoms with E-state index in [2.05, 4.69) is 15.5 Å². The van der Waals surface area contributed by atoms with Gasteiger partial charge >= 0.3 is 0 Å². The fourth-order valence-corrected chi connectivity index (χ4v) is 4.75. The summed E-state index contributed by atoms with van der Waals surface area (Å²) in [5, 5.41) is 4.67. The second-order valence-electron chi connectivity index (χ2n) is 6.83. The molecule has 0 radical (unpaired) electrons. The Morgan fingerprint density at radius 1 is 1.34 bits per heavy atom. The lowest BCUT2D eigenvalue weighted by molar-refractivity contribution is -0.121. The molecule has 150 valence electrons. The fourth-order valence-electron chi connectivity index (χ4n) is 3.53. The third-order valence-corrected chi connectivity index (χ3v) is 6.07. The quantitative estimate of drug-likeness (QED) is 0.500. The van der Waals surface area contributed by atoms with Crippen molar-refractivity contribution in [2.45, 2.75) is 39.2 Å². The number of thiophene rings is 1. The number of hydrogen-bond donors (Lipinski definition) is 1. The number of benzene rings is 1. The van der Waals surface area contributed by atoms with Crippen molar-refractivity contribution in [2.75, 3.05) is 6.61 Å². The summed E-state index contributed by atoms with van der Waals surface area (Å²) in [6.07, 6.45) is 7.13. The summed E-state index contributed by atoms with van der Waals surface area (Å²) in [6, 6.07) is 7.44. The number of carbonyl (C=O) groups is 1. The third kappa shape index (κ3) is 4.07. The minimum Gasteiger partial charge on any atom is -0.493 e. The number of hydrogen-bond acceptors (Lipinski definition) is 6. The van der Waals surface area contributed by atoms with Crippen LogP contribution in [-0.4, -0.2) is 28.3 Å². The van der Waals surface area contributed by atoms with Gasteiger partial charge in [-0.15, -0.1) is 11.3 Å². The Morgan fingerprint density at radius 2 is 2.17 bits per heavy atom. The van der Waals surface area contributed by atoms with Crippen LogP contribution in [0, 0.1) is 0 Å². The highest BCUT2D eigenvalue weighted by atomic mass is 32.1. The van der Waals surface area contributed by atoms with Crippen molar-refractivity contribution in [3.63, 3.8) is 0 Å². The zero-order valence-electron chi connectivity index (χ0n) is 16.2. The number of amides is 1. The van der Waals surface area contributed by atoms with Crippen molar-refractivity contribution in [2.24, 2.45) is 5.10 Å². The molecule has 2 heterocycles. The number of aromatic nitrogens is 2. The lowest BCUT2D eigenvalue weighted by atomic mass is 9.97. The van der Waals surface area contributed by atoms with Crippen molar-refractivity contribution in [1.82, 2.24) is 15.0 Å². The van der Waals surface area contributed by atoms with Crippen molar-refractivity contribution < 1.29 is 9.53 Å². The van der Waals surface area contributed by atoms with E-state index in [1.807, 2.05) is 31.2 Å². The lowest BCUT2D eigenvalue weighted by Gasteiger charge is -2.10. The first-order chi connectivity index (χ1) is 14.2. The summed E-state index contributed by atoms with van der Waals surface area (Å²) in [7, 11) is 0. The number of carbonyl (C=O) groups excluding carboxylic acids is 1. The van der Waals surface area contributed by atoms with Crippen molar-refractivity contribution in [3.8, 4) is 5.75 Å². The van der Waals surface area contributed by atoms with Gasteiger partial charge in [0.2, 0.25) is 0 Å². The number of rotatable bonds is 6. The topological polar surface area (TPSA) is 85.6 Å². The van der Waals surface area contributed by atoms with Crippen molar-refractivity contribution in [1.29, 1.82) is 0 Å². The van der Waals surface area contributed by atoms with E-state index >= 15 is 0 Å². The van der Waals surface area contributed by atoms with E-state index in [-0.39, 0.29) is 18.0 Å². The van der Waals surface area contributed by atoms with Crippen molar-refractivity contribution in [3.05, 3.63) is 57.0 Å². The Morgan fingerprint density at radius 3 is 3.03 bits per heavy atom. The summed E-state index contributed by atoms with van der Waals surface area (Å²) in [6.45, 7) is 2.32. The molecule has 1 aliphatic carbocycles. The molecule has 1 aromatic carbocycles. The Bertz CT molecular complexity index is 1130. The maximum atomic E-state index is 12.9. The molecule has 1 N–H and O–H groups in total. The van der Waals surface area contributed by atoms with Crippen LogP contribution in [0.4, 0.5) is 0 Å². The molecule has 0 saturated heterocycles. The van der Waals surface area contributed by atoms with Crippen LogP contribution in [-0.2, 0) is 24.2 Å². The van der Waals surface area contributed by atoms with Gasteiger partial charge in [-0.1, -0.05) is 12.1 Å². The first-order valence-electron chi connectivity index (χ1n) is 9.70. The van der Waals surface area contributed by atoms with E-state index < -0.39 is 0 Å². The molecule has 2 aromatic heterocycles. The molecule has 0 bridgehead atoms. The van der Waals surface area contributed by atoms with Gasteiger partial charge in [0, 0.05) is 10.4 Å². The van der Waals surface area contributed by atoms with Crippen LogP contribution >= 0.6 is 11.3 Å². The number of para-hydroxylation sites is 1. The number of nitrogens with zero attached hydrogens (tertiary/aromatic N) is 3. The predicted molar refractivity (Wildman–Crippen MR) is 114 cm³/mol. The molecular formula is C21H22N4O3S. The van der Waals surface area contributed by atoms with Gasteiger partial charge in [0.05, 0.1) is 24.5 Å². The average molecular weight is 410 g/mol. The number of aryl methyl sites for hydroxylation is 2. The molecule has 4 rings (SSSR count). The van der Waals surface area contributed by atoms with Crippen LogP contribution < -0.4 is 15.7 Å². The van der Waals surface area contributed by atoms with E-state index in [0.717, 1.165) is 41.6 Å². The summed E-state index contributed by atoms with van der Waals surface area (Å²) >= 11 is 1.60. The molecular weight excluding hydrogens is 388 g/mol. The monoisotopic (exact) mass is 410 g/mol. The predicted octanol–water partition coefficient (Wildman–Crippen LogP) is 2.89. The van der Waals surface area contributed by atoms with Crippen LogP contribution in [0.2, 0.25) is 0 Å². The highest BCUT2D eigenvalue weighted by molar-refractivity contribution is 7.18. The molecule has 0 unspecified atom stereocenters. The minimum absolute atomic E-state index is 0.128. The average Bonchev–Trinajstić information content (AvgIpc) is 3.11. The van der Waals surface area contributed by atoms with Gasteiger partial charge < -0.3 is 4.74 Å². The van der Waals surface area contributed by atoms with Crippen LogP contribution in [0.5, 0.6) is 5.75 Å². The lowest BCUT2D eigenvalue weighted by Crippen LogP contribution is -2.30. The zero-order chi connectivity index (χ0) is 20.2. The Labute approximate surface area is 172 Å². The number of nitrogens with one attached hydrogen (secondary N) is 1. The molecule has 1 amide bonds. The van der Waals surface area contributed by atoms with Gasteiger partial charge in [0.1, 0.15) is 17.1 Å². The van der Waals surface area contributed by atoms with E-state index in [1.54, 1.807) is 11.3 Å². The van der Waals surface area contributed by atoms with Gasteiger partial charge in [0.25, 0.3) is 11.5 Å². The van der Waals surface area contributed by atoms with E-state index in [9.17, 15) is 9.59 Å². The summed E-state index contributed by atoms with van der Waals surface area (Å²) in [5.74, 6) is 0.309. The molecule has 0 fully saturated rings. The van der Waals surface area contributed by atoms with E-state index in [4.69, 9.17) is 4.74 Å². The molecule has 0 spiro atoms. The summed E-state index contributed by atoms with van der Waals surface area (Å²) < 4.78 is 6.88. The fraction of sp³-hybridized carbons (Fsp3) is 0.333. The first-order valence-corrected chi connectivity index (χ1v) is 10.5. The second-order valence-corrected chi connectivity index (χ2v) is 7.92. The van der Waals surface area contributed by atoms with E-state index in [0.29, 0.717) is 17.7 Å². The minimum atomic E-state index is -0.387. The molecule has 0 atom stereocenters. The molecule has 3 aromatic rings. The maximum absolute atomic E-state index is 12.9. The standard InChI is InChI=1S/C21H22N4O3S/c1-2-28-16-9-5-3-7-14(16)11-23-24-18(26)12-25-13-22-20-19(21(25)27)15-8-4-6-10-17(15)29-20/h3,5,7,9,11,13H,2,4,6,8,10,12H2,1H3,(H,24,26)/b23-11+. The highest BCUT2D eigenvalue weighted by Crippen LogP contribution is 2.33. The van der Waals surface area contributed by atoms with Crippen LogP contribution in [0.15, 0.2) is 40.5 Å². The van der Waals surface area contributed by atoms with Gasteiger partial charge in [-0.25, -0.2) is 10.4 Å². The Kier molecular flexibility index (Phi) is 5.71. The molecule has 0 aliphatic heterocycles. The number of ether oxygens (including phenoxy) is 1. The van der Waals surface area contributed by atoms with Gasteiger partial charge in [-0.2, -0.15) is 5.10 Å². The van der Waals surface area contributed by atoms with Crippen LogP contribution in [0.3, 0.4) is 0 Å². The SMILES string of the molecule is CCOc1ccccc1/C=N/NC(=O)Cn1cnc2sc3c(c2c1=O)CCCC3. The normalized spacial score (nSPS) is 13.6. The number of hydrazone groups is 1. The van der Waals surface area contributed by atoms with Gasteiger partial charge in [-0.05, 0) is 50.3 Å². The van der Waals surface area contributed by atoms with Crippen LogP contribution in [0.1, 0.15) is 35.8 Å².